The van der Waals surface area contributed by atoms with Crippen LogP contribution in [0.15, 0.2) is 24.3 Å². The SMILES string of the molecule is Cc1ccc(C2CCc3c(ccc4c3CCC(C)(C)C4)C2)c(C#N)c1C. The van der Waals surface area contributed by atoms with Crippen LogP contribution in [0, 0.1) is 30.6 Å². The van der Waals surface area contributed by atoms with E-state index in [1.165, 1.54) is 48.8 Å². The second kappa shape index (κ2) is 6.27. The highest BCUT2D eigenvalue weighted by Gasteiger charge is 2.30. The number of nitrogens with zero attached hydrogens (tertiary/aromatic N) is 1. The Hall–Kier alpha value is -2.07. The van der Waals surface area contributed by atoms with Crippen LogP contribution in [0.4, 0.5) is 0 Å². The molecule has 0 saturated carbocycles. The van der Waals surface area contributed by atoms with Gasteiger partial charge in [0.25, 0.3) is 0 Å². The monoisotopic (exact) mass is 343 g/mol. The maximum atomic E-state index is 9.71. The smallest absolute Gasteiger partial charge is 0.0997 e. The maximum Gasteiger partial charge on any atom is 0.0997 e. The molecule has 0 heterocycles. The summed E-state index contributed by atoms with van der Waals surface area (Å²) in [4.78, 5) is 0. The number of benzene rings is 2. The molecule has 0 aliphatic heterocycles. The second-order valence-corrected chi connectivity index (χ2v) is 9.21. The molecule has 0 spiro atoms. The fourth-order valence-corrected chi connectivity index (χ4v) is 5.11. The van der Waals surface area contributed by atoms with E-state index >= 15 is 0 Å². The third-order valence-electron chi connectivity index (χ3n) is 6.87. The first-order valence-corrected chi connectivity index (χ1v) is 10.0. The summed E-state index contributed by atoms with van der Waals surface area (Å²) >= 11 is 0. The van der Waals surface area contributed by atoms with Gasteiger partial charge in [-0.2, -0.15) is 5.26 Å². The van der Waals surface area contributed by atoms with Crippen molar-refractivity contribution in [3.8, 4) is 6.07 Å². The summed E-state index contributed by atoms with van der Waals surface area (Å²) in [6.45, 7) is 8.99. The molecule has 2 aliphatic carbocycles. The molecule has 0 N–H and O–H groups in total. The standard InChI is InChI=1S/C25H29N/c1-16-5-9-22(24(15-26)17(16)2)19-8-10-21-18(13-19)6-7-20-14-25(3,4)12-11-23(20)21/h5-7,9,19H,8,10-14H2,1-4H3. The van der Waals surface area contributed by atoms with Gasteiger partial charge < -0.3 is 0 Å². The lowest BCUT2D eigenvalue weighted by Crippen LogP contribution is -2.25. The summed E-state index contributed by atoms with van der Waals surface area (Å²) in [6.07, 6.45) is 7.18. The molecule has 134 valence electrons. The second-order valence-electron chi connectivity index (χ2n) is 9.21. The summed E-state index contributed by atoms with van der Waals surface area (Å²) in [5.41, 5.74) is 11.4. The van der Waals surface area contributed by atoms with E-state index in [4.69, 9.17) is 0 Å². The van der Waals surface area contributed by atoms with Crippen molar-refractivity contribution < 1.29 is 0 Å². The van der Waals surface area contributed by atoms with E-state index in [9.17, 15) is 5.26 Å². The highest BCUT2D eigenvalue weighted by molar-refractivity contribution is 5.51. The summed E-state index contributed by atoms with van der Waals surface area (Å²) in [5.74, 6) is 0.481. The molecule has 0 aromatic heterocycles. The van der Waals surface area contributed by atoms with Crippen molar-refractivity contribution in [2.24, 2.45) is 5.41 Å². The largest absolute Gasteiger partial charge is 0.192 e. The molecule has 4 rings (SSSR count). The van der Waals surface area contributed by atoms with Crippen LogP contribution < -0.4 is 0 Å². The molecule has 0 saturated heterocycles. The van der Waals surface area contributed by atoms with Crippen molar-refractivity contribution in [2.75, 3.05) is 0 Å². The van der Waals surface area contributed by atoms with Crippen LogP contribution >= 0.6 is 0 Å². The molecule has 0 bridgehead atoms. The summed E-state index contributed by atoms with van der Waals surface area (Å²) in [6, 6.07) is 11.7. The first kappa shape index (κ1) is 17.3. The van der Waals surface area contributed by atoms with Crippen LogP contribution in [0.2, 0.25) is 0 Å². The predicted molar refractivity (Wildman–Crippen MR) is 108 cm³/mol. The van der Waals surface area contributed by atoms with Crippen LogP contribution in [0.3, 0.4) is 0 Å². The highest BCUT2D eigenvalue weighted by Crippen LogP contribution is 2.42. The first-order chi connectivity index (χ1) is 12.4. The van der Waals surface area contributed by atoms with E-state index in [0.29, 0.717) is 11.3 Å². The molecule has 1 atom stereocenters. The van der Waals surface area contributed by atoms with Gasteiger partial charge in [0.15, 0.2) is 0 Å². The fourth-order valence-electron chi connectivity index (χ4n) is 5.11. The maximum absolute atomic E-state index is 9.71. The Balaban J connectivity index is 1.69. The fraction of sp³-hybridized carbons (Fsp3) is 0.480. The minimum atomic E-state index is 0.444. The molecule has 26 heavy (non-hydrogen) atoms. The van der Waals surface area contributed by atoms with E-state index in [2.05, 4.69) is 58.0 Å². The number of rotatable bonds is 1. The number of hydrogen-bond acceptors (Lipinski definition) is 1. The topological polar surface area (TPSA) is 23.8 Å². The van der Waals surface area contributed by atoms with Gasteiger partial charge in [-0.3, -0.25) is 0 Å². The summed E-state index contributed by atoms with van der Waals surface area (Å²) < 4.78 is 0. The molecule has 2 aromatic rings. The van der Waals surface area contributed by atoms with Gasteiger partial charge in [0.2, 0.25) is 0 Å². The third-order valence-corrected chi connectivity index (χ3v) is 6.87. The summed E-state index contributed by atoms with van der Waals surface area (Å²) in [7, 11) is 0. The van der Waals surface area contributed by atoms with Gasteiger partial charge in [-0.25, -0.2) is 0 Å². The van der Waals surface area contributed by atoms with Crippen molar-refractivity contribution >= 4 is 0 Å². The van der Waals surface area contributed by atoms with Gasteiger partial charge in [0.1, 0.15) is 0 Å². The molecule has 1 unspecified atom stereocenters. The predicted octanol–water partition coefficient (Wildman–Crippen LogP) is 5.96. The Kier molecular flexibility index (Phi) is 4.19. The van der Waals surface area contributed by atoms with Gasteiger partial charge >= 0.3 is 0 Å². The minimum absolute atomic E-state index is 0.444. The molecule has 1 nitrogen and oxygen atoms in total. The Morgan fingerprint density at radius 3 is 2.50 bits per heavy atom. The molecule has 0 fully saturated rings. The van der Waals surface area contributed by atoms with E-state index in [1.54, 1.807) is 16.7 Å². The van der Waals surface area contributed by atoms with Crippen LogP contribution in [-0.4, -0.2) is 0 Å². The number of fused-ring (bicyclic) bond motifs is 3. The molecular formula is C25H29N. The van der Waals surface area contributed by atoms with Crippen LogP contribution in [-0.2, 0) is 25.7 Å². The van der Waals surface area contributed by atoms with Crippen molar-refractivity contribution in [1.82, 2.24) is 0 Å². The molecule has 1 heteroatoms. The number of aryl methyl sites for hydroxylation is 1. The normalized spacial score (nSPS) is 20.8. The number of hydrogen-bond donors (Lipinski definition) is 0. The van der Waals surface area contributed by atoms with E-state index in [0.717, 1.165) is 17.5 Å². The molecule has 0 amide bonds. The zero-order chi connectivity index (χ0) is 18.5. The van der Waals surface area contributed by atoms with Gasteiger partial charge in [-0.15, -0.1) is 0 Å². The average molecular weight is 344 g/mol. The lowest BCUT2D eigenvalue weighted by atomic mass is 9.69. The molecule has 2 aliphatic rings. The minimum Gasteiger partial charge on any atom is -0.192 e. The zero-order valence-corrected chi connectivity index (χ0v) is 16.6. The Labute approximate surface area is 158 Å². The van der Waals surface area contributed by atoms with Gasteiger partial charge in [-0.05, 0) is 103 Å². The van der Waals surface area contributed by atoms with Crippen molar-refractivity contribution in [1.29, 1.82) is 5.26 Å². The lowest BCUT2D eigenvalue weighted by Gasteiger charge is -2.35. The van der Waals surface area contributed by atoms with Crippen molar-refractivity contribution in [3.05, 3.63) is 68.8 Å². The highest BCUT2D eigenvalue weighted by atomic mass is 14.4. The van der Waals surface area contributed by atoms with Gasteiger partial charge in [0, 0.05) is 0 Å². The molecular weight excluding hydrogens is 314 g/mol. The quantitative estimate of drug-likeness (QED) is 0.626. The van der Waals surface area contributed by atoms with E-state index in [-0.39, 0.29) is 0 Å². The first-order valence-electron chi connectivity index (χ1n) is 10.0. The van der Waals surface area contributed by atoms with Crippen molar-refractivity contribution in [2.45, 2.75) is 72.1 Å². The van der Waals surface area contributed by atoms with Crippen LogP contribution in [0.1, 0.15) is 77.1 Å². The zero-order valence-electron chi connectivity index (χ0n) is 16.6. The Morgan fingerprint density at radius 2 is 1.73 bits per heavy atom. The van der Waals surface area contributed by atoms with Crippen LogP contribution in [0.25, 0.3) is 0 Å². The van der Waals surface area contributed by atoms with Gasteiger partial charge in [-0.1, -0.05) is 38.1 Å². The van der Waals surface area contributed by atoms with E-state index < -0.39 is 0 Å². The van der Waals surface area contributed by atoms with E-state index in [1.807, 2.05) is 0 Å². The molecule has 2 aromatic carbocycles. The Bertz CT molecular complexity index is 911. The van der Waals surface area contributed by atoms with Crippen molar-refractivity contribution in [3.63, 3.8) is 0 Å². The third kappa shape index (κ3) is 2.86. The number of nitriles is 1. The van der Waals surface area contributed by atoms with Crippen LogP contribution in [0.5, 0.6) is 0 Å². The van der Waals surface area contributed by atoms with Gasteiger partial charge in [0.05, 0.1) is 11.6 Å². The summed E-state index contributed by atoms with van der Waals surface area (Å²) in [5, 5.41) is 9.71. The average Bonchev–Trinajstić information content (AvgIpc) is 2.62. The molecule has 0 radical (unpaired) electrons. The Morgan fingerprint density at radius 1 is 1.00 bits per heavy atom. The lowest BCUT2D eigenvalue weighted by molar-refractivity contribution is 0.314.